The molecule has 2 rings (SSSR count). The highest BCUT2D eigenvalue weighted by Gasteiger charge is 2.38. The second kappa shape index (κ2) is 5.48. The Morgan fingerprint density at radius 1 is 1.30 bits per heavy atom. The highest BCUT2D eigenvalue weighted by atomic mass is 19.4. The van der Waals surface area contributed by atoms with Crippen LogP contribution in [0.1, 0.15) is 19.7 Å². The molecule has 0 saturated heterocycles. The topological polar surface area (TPSA) is 52.8 Å². The van der Waals surface area contributed by atoms with Gasteiger partial charge in [0.05, 0.1) is 12.3 Å². The minimum Gasteiger partial charge on any atom is -0.493 e. The highest BCUT2D eigenvalue weighted by molar-refractivity contribution is 5.39. The van der Waals surface area contributed by atoms with Gasteiger partial charge in [0.25, 0.3) is 5.82 Å². The van der Waals surface area contributed by atoms with Crippen LogP contribution in [0.4, 0.5) is 13.2 Å². The van der Waals surface area contributed by atoms with E-state index in [-0.39, 0.29) is 5.69 Å². The SMILES string of the molecule is CC(C)COc1cccc(-n2nnnc2C(F)(F)F)c1. The molecule has 1 aromatic heterocycles. The van der Waals surface area contributed by atoms with E-state index < -0.39 is 12.0 Å². The van der Waals surface area contributed by atoms with Gasteiger partial charge in [-0.05, 0) is 28.5 Å². The van der Waals surface area contributed by atoms with Crippen LogP contribution in [0.3, 0.4) is 0 Å². The Balaban J connectivity index is 2.30. The van der Waals surface area contributed by atoms with Crippen molar-refractivity contribution >= 4 is 0 Å². The van der Waals surface area contributed by atoms with Gasteiger partial charge in [-0.2, -0.15) is 17.9 Å². The van der Waals surface area contributed by atoms with Crippen molar-refractivity contribution in [3.8, 4) is 11.4 Å². The quantitative estimate of drug-likeness (QED) is 0.867. The summed E-state index contributed by atoms with van der Waals surface area (Å²) in [6.45, 7) is 4.44. The summed E-state index contributed by atoms with van der Waals surface area (Å²) in [6, 6.07) is 6.21. The van der Waals surface area contributed by atoms with E-state index in [4.69, 9.17) is 4.74 Å². The minimum absolute atomic E-state index is 0.198. The Hall–Kier alpha value is -2.12. The van der Waals surface area contributed by atoms with Gasteiger partial charge in [0.15, 0.2) is 0 Å². The van der Waals surface area contributed by atoms with Crippen molar-refractivity contribution in [2.75, 3.05) is 6.61 Å². The van der Waals surface area contributed by atoms with Gasteiger partial charge in [-0.3, -0.25) is 0 Å². The summed E-state index contributed by atoms with van der Waals surface area (Å²) in [6.07, 6.45) is -4.61. The van der Waals surface area contributed by atoms with E-state index in [9.17, 15) is 13.2 Å². The smallest absolute Gasteiger partial charge is 0.453 e. The lowest BCUT2D eigenvalue weighted by Crippen LogP contribution is -2.14. The molecule has 108 valence electrons. The van der Waals surface area contributed by atoms with Gasteiger partial charge in [0.1, 0.15) is 5.75 Å². The molecule has 0 N–H and O–H groups in total. The maximum absolute atomic E-state index is 12.7. The number of halogens is 3. The fourth-order valence-corrected chi connectivity index (χ4v) is 1.51. The van der Waals surface area contributed by atoms with E-state index in [1.807, 2.05) is 13.8 Å². The van der Waals surface area contributed by atoms with E-state index in [0.29, 0.717) is 23.0 Å². The molecule has 0 spiro atoms. The monoisotopic (exact) mass is 286 g/mol. The Morgan fingerprint density at radius 2 is 2.05 bits per heavy atom. The van der Waals surface area contributed by atoms with Gasteiger partial charge in [0, 0.05) is 6.07 Å². The predicted molar refractivity (Wildman–Crippen MR) is 64.5 cm³/mol. The molecule has 0 aliphatic rings. The molecule has 0 atom stereocenters. The van der Waals surface area contributed by atoms with Gasteiger partial charge in [-0.25, -0.2) is 0 Å². The van der Waals surface area contributed by atoms with E-state index in [1.165, 1.54) is 12.1 Å². The molecule has 0 unspecified atom stereocenters. The van der Waals surface area contributed by atoms with Gasteiger partial charge in [-0.1, -0.05) is 19.9 Å². The molecule has 1 heterocycles. The second-order valence-corrected chi connectivity index (χ2v) is 4.61. The van der Waals surface area contributed by atoms with Crippen LogP contribution in [0.2, 0.25) is 0 Å². The number of hydrogen-bond donors (Lipinski definition) is 0. The zero-order valence-electron chi connectivity index (χ0n) is 10.9. The van der Waals surface area contributed by atoms with Crippen LogP contribution < -0.4 is 4.74 Å². The first-order valence-electron chi connectivity index (χ1n) is 5.96. The standard InChI is InChI=1S/C12H13F3N4O/c1-8(2)7-20-10-5-3-4-9(6-10)19-11(12(13,14)15)16-17-18-19/h3-6,8H,7H2,1-2H3. The Morgan fingerprint density at radius 3 is 2.70 bits per heavy atom. The minimum atomic E-state index is -4.61. The molecule has 2 aromatic rings. The fraction of sp³-hybridized carbons (Fsp3) is 0.417. The molecular formula is C12H13F3N4O. The Bertz CT molecular complexity index is 580. The summed E-state index contributed by atoms with van der Waals surface area (Å²) in [7, 11) is 0. The molecule has 1 aromatic carbocycles. The van der Waals surface area contributed by atoms with Crippen molar-refractivity contribution in [3.63, 3.8) is 0 Å². The maximum Gasteiger partial charge on any atom is 0.453 e. The second-order valence-electron chi connectivity index (χ2n) is 4.61. The normalized spacial score (nSPS) is 11.9. The third-order valence-corrected chi connectivity index (χ3v) is 2.37. The lowest BCUT2D eigenvalue weighted by Gasteiger charge is -2.11. The highest BCUT2D eigenvalue weighted by Crippen LogP contribution is 2.29. The van der Waals surface area contributed by atoms with Crippen molar-refractivity contribution in [1.29, 1.82) is 0 Å². The van der Waals surface area contributed by atoms with Crippen LogP contribution >= 0.6 is 0 Å². The van der Waals surface area contributed by atoms with Gasteiger partial charge >= 0.3 is 6.18 Å². The number of ether oxygens (including phenoxy) is 1. The van der Waals surface area contributed by atoms with Crippen LogP contribution in [0.5, 0.6) is 5.75 Å². The number of alkyl halides is 3. The molecule has 0 aliphatic carbocycles. The van der Waals surface area contributed by atoms with Crippen molar-refractivity contribution < 1.29 is 17.9 Å². The van der Waals surface area contributed by atoms with Gasteiger partial charge in [0.2, 0.25) is 0 Å². The van der Waals surface area contributed by atoms with Crippen molar-refractivity contribution in [2.24, 2.45) is 5.92 Å². The number of hydrogen-bond acceptors (Lipinski definition) is 4. The number of benzene rings is 1. The van der Waals surface area contributed by atoms with Crippen LogP contribution in [0, 0.1) is 5.92 Å². The first-order chi connectivity index (χ1) is 9.38. The summed E-state index contributed by atoms with van der Waals surface area (Å²) >= 11 is 0. The summed E-state index contributed by atoms with van der Waals surface area (Å²) in [5.74, 6) is -0.379. The van der Waals surface area contributed by atoms with Gasteiger partial charge in [-0.15, -0.1) is 5.10 Å². The number of aromatic nitrogens is 4. The molecule has 0 amide bonds. The zero-order valence-corrected chi connectivity index (χ0v) is 10.9. The maximum atomic E-state index is 12.7. The number of tetrazole rings is 1. The third kappa shape index (κ3) is 3.25. The lowest BCUT2D eigenvalue weighted by atomic mass is 10.2. The van der Waals surface area contributed by atoms with Crippen molar-refractivity contribution in [3.05, 3.63) is 30.1 Å². The zero-order chi connectivity index (χ0) is 14.8. The fourth-order valence-electron chi connectivity index (χ4n) is 1.51. The molecule has 0 fully saturated rings. The average Bonchev–Trinajstić information content (AvgIpc) is 2.86. The van der Waals surface area contributed by atoms with Crippen molar-refractivity contribution in [1.82, 2.24) is 20.2 Å². The van der Waals surface area contributed by atoms with Crippen LogP contribution in [-0.2, 0) is 6.18 Å². The molecule has 0 saturated carbocycles. The Labute approximate surface area is 113 Å². The molecule has 20 heavy (non-hydrogen) atoms. The third-order valence-electron chi connectivity index (χ3n) is 2.37. The van der Waals surface area contributed by atoms with E-state index in [2.05, 4.69) is 15.5 Å². The summed E-state index contributed by atoms with van der Waals surface area (Å²) in [4.78, 5) is 0. The Kier molecular flexibility index (Phi) is 3.91. The summed E-state index contributed by atoms with van der Waals surface area (Å²) in [5.41, 5.74) is 0.198. The lowest BCUT2D eigenvalue weighted by molar-refractivity contribution is -0.146. The van der Waals surface area contributed by atoms with Crippen molar-refractivity contribution in [2.45, 2.75) is 20.0 Å². The summed E-state index contributed by atoms with van der Waals surface area (Å²) in [5, 5.41) is 9.44. The van der Waals surface area contributed by atoms with E-state index in [0.717, 1.165) is 0 Å². The molecule has 5 nitrogen and oxygen atoms in total. The average molecular weight is 286 g/mol. The first-order valence-corrected chi connectivity index (χ1v) is 5.96. The van der Waals surface area contributed by atoms with Crippen LogP contribution in [-0.4, -0.2) is 26.8 Å². The molecule has 8 heteroatoms. The number of nitrogens with zero attached hydrogens (tertiary/aromatic N) is 4. The van der Waals surface area contributed by atoms with E-state index in [1.54, 1.807) is 12.1 Å². The molecular weight excluding hydrogens is 273 g/mol. The van der Waals surface area contributed by atoms with Crippen LogP contribution in [0.25, 0.3) is 5.69 Å². The predicted octanol–water partition coefficient (Wildman–Crippen LogP) is 2.72. The molecule has 0 aliphatic heterocycles. The number of rotatable bonds is 4. The first kappa shape index (κ1) is 14.3. The van der Waals surface area contributed by atoms with Crippen LogP contribution in [0.15, 0.2) is 24.3 Å². The molecule has 0 radical (unpaired) electrons. The van der Waals surface area contributed by atoms with Gasteiger partial charge < -0.3 is 4.74 Å². The van der Waals surface area contributed by atoms with E-state index >= 15 is 0 Å². The largest absolute Gasteiger partial charge is 0.493 e. The molecule has 0 bridgehead atoms. The summed E-state index contributed by atoms with van der Waals surface area (Å²) < 4.78 is 44.3.